The maximum absolute atomic E-state index is 16.8. The molecule has 19 N–H and O–H groups in total. The molecule has 10 aliphatic heterocycles. The number of ketones is 2. The minimum absolute atomic E-state index is 0.00228. The molecule has 0 aliphatic carbocycles. The summed E-state index contributed by atoms with van der Waals surface area (Å²) in [5.41, 5.74) is 5.42. The van der Waals surface area contributed by atoms with Gasteiger partial charge in [0.25, 0.3) is 0 Å². The largest absolute Gasteiger partial charge is 0.508 e. The molecule has 6 aromatic rings. The van der Waals surface area contributed by atoms with Crippen LogP contribution in [0.15, 0.2) is 128 Å². The number of nitrogens with one attached hydrogen (secondary N) is 4. The van der Waals surface area contributed by atoms with Gasteiger partial charge in [0, 0.05) is 61.1 Å². The van der Waals surface area contributed by atoms with Gasteiger partial charge in [-0.1, -0.05) is 66.2 Å². The van der Waals surface area contributed by atoms with Crippen LogP contribution in [0.25, 0.3) is 11.1 Å². The molecule has 27 unspecified atom stereocenters. The molecular formula is C80H88ClN5O31. The van der Waals surface area contributed by atoms with Crippen molar-refractivity contribution in [1.82, 2.24) is 21.3 Å². The van der Waals surface area contributed by atoms with Crippen molar-refractivity contribution in [3.8, 4) is 57.1 Å². The van der Waals surface area contributed by atoms with Gasteiger partial charge in [-0.3, -0.25) is 24.0 Å². The maximum atomic E-state index is 16.8. The second-order valence-corrected chi connectivity index (χ2v) is 30.3. The molecule has 16 rings (SSSR count). The van der Waals surface area contributed by atoms with E-state index in [1.165, 1.54) is 62.6 Å². The molecular weight excluding hydrogens is 1560 g/mol. The normalized spacial score (nSPS) is 34.5. The van der Waals surface area contributed by atoms with Crippen LogP contribution in [0.2, 0.25) is 5.02 Å². The van der Waals surface area contributed by atoms with E-state index in [1.54, 1.807) is 49.4 Å². The molecule has 10 aliphatic rings. The van der Waals surface area contributed by atoms with Crippen LogP contribution >= 0.6 is 11.6 Å². The molecule has 5 saturated heterocycles. The number of carboxylic acid groups (broad SMARTS) is 1. The average molecular weight is 1650 g/mol. The van der Waals surface area contributed by atoms with E-state index in [9.17, 15) is 71.2 Å². The third-order valence-corrected chi connectivity index (χ3v) is 22.4. The summed E-state index contributed by atoms with van der Waals surface area (Å²) < 4.78 is 75.5. The van der Waals surface area contributed by atoms with Crippen LogP contribution in [0.3, 0.4) is 0 Å². The van der Waals surface area contributed by atoms with Crippen LogP contribution in [0.1, 0.15) is 96.7 Å². The number of hydrogen-bond acceptors (Lipinski definition) is 32. The van der Waals surface area contributed by atoms with Crippen LogP contribution < -0.4 is 45.9 Å². The van der Waals surface area contributed by atoms with E-state index in [1.807, 2.05) is 0 Å². The molecule has 117 heavy (non-hydrogen) atoms. The lowest BCUT2D eigenvalue weighted by molar-refractivity contribution is -0.354. The molecule has 0 radical (unpaired) electrons. The number of aliphatic carboxylic acids is 1. The first kappa shape index (κ1) is 83.7. The van der Waals surface area contributed by atoms with E-state index < -0.39 is 277 Å². The van der Waals surface area contributed by atoms with Crippen molar-refractivity contribution in [2.24, 2.45) is 11.7 Å². The van der Waals surface area contributed by atoms with Gasteiger partial charge in [0.15, 0.2) is 59.8 Å². The molecule has 0 saturated carbocycles. The number of amides is 3. The van der Waals surface area contributed by atoms with Crippen molar-refractivity contribution < 1.29 is 152 Å². The summed E-state index contributed by atoms with van der Waals surface area (Å²) in [6.07, 6.45) is -36.6. The van der Waals surface area contributed by atoms with Crippen molar-refractivity contribution >= 4 is 46.9 Å². The Balaban J connectivity index is 1.01. The number of carbonyl (C=O) groups excluding carboxylic acids is 5. The zero-order chi connectivity index (χ0) is 83.4. The third kappa shape index (κ3) is 17.0. The van der Waals surface area contributed by atoms with Gasteiger partial charge in [-0.2, -0.15) is 0 Å². The van der Waals surface area contributed by atoms with Crippen molar-refractivity contribution in [3.63, 3.8) is 0 Å². The minimum atomic E-state index is -2.38. The van der Waals surface area contributed by atoms with E-state index in [-0.39, 0.29) is 51.9 Å². The molecule has 0 aromatic heterocycles. The molecule has 6 aromatic carbocycles. The Bertz CT molecular complexity index is 4710. The number of fused-ring (bicyclic) bond motifs is 13. The summed E-state index contributed by atoms with van der Waals surface area (Å²) in [5.74, 6) is -14.6. The van der Waals surface area contributed by atoms with E-state index in [2.05, 4.69) is 27.8 Å². The lowest BCUT2D eigenvalue weighted by atomic mass is 9.84. The standard InChI is InChI=1S/C80H88ClN5O31/c1-30-61(93)64(96)67(99)78(108-30)117-73-66(98)63(95)54(29-88)114-80(73)116-72-51-22-37-23-52(72)111-49-17-13-36(20-44(49)81)71(115-55-27-45(82)69(106-4)31(2)107-55)60-76(103)85-58(77(104)105)43-24-39(89)25-50(112-79-68(100)65(97)62(94)53(28-87)113-79)56(43)42-19-35(12-16-46(42)90)41(75(102)86-60)26-48(92)57(37)84-74(101)38(18-33-8-6-5-7-9-33)21-47(91)59-70(109-32(3)83-59)34-10-14-40(110-51)15-11-34/h5-17,19-20,22-25,30-31,38,41,45,53-55,57-71,73,78-80,83,87-90,93-100H,3,18,21,26-29,82H2,1-2,4H3,(H,84,101)(H,85,103)(H,86,102)(H,104,105). The lowest BCUT2D eigenvalue weighted by Gasteiger charge is -2.45. The minimum Gasteiger partial charge on any atom is -0.508 e. The maximum Gasteiger partial charge on any atom is 0.330 e. The average Bonchev–Trinajstić information content (AvgIpc) is 1.29. The number of phenols is 2. The highest BCUT2D eigenvalue weighted by Gasteiger charge is 2.53. The van der Waals surface area contributed by atoms with E-state index in [0.29, 0.717) is 11.1 Å². The number of Topliss-reactive ketones (excluding diaryl/α,β-unsaturated/α-hetero) is 2. The molecule has 626 valence electrons. The fourth-order valence-corrected chi connectivity index (χ4v) is 16.1. The van der Waals surface area contributed by atoms with E-state index in [4.69, 9.17) is 74.2 Å². The summed E-state index contributed by atoms with van der Waals surface area (Å²) >= 11 is 7.44. The fraction of sp³-hybridized carbons (Fsp3) is 0.450. The molecule has 36 nitrogen and oxygen atoms in total. The molecule has 0 spiro atoms. The van der Waals surface area contributed by atoms with E-state index in [0.717, 1.165) is 24.3 Å². The topological polar surface area (TPSA) is 550 Å². The molecule has 27 atom stereocenters. The summed E-state index contributed by atoms with van der Waals surface area (Å²) in [6.45, 7) is 4.94. The fourth-order valence-electron chi connectivity index (χ4n) is 15.9. The number of hydrogen-bond donors (Lipinski definition) is 18. The summed E-state index contributed by atoms with van der Waals surface area (Å²) in [5, 5.41) is 157. The zero-order valence-electron chi connectivity index (χ0n) is 62.6. The van der Waals surface area contributed by atoms with E-state index >= 15 is 24.0 Å². The van der Waals surface area contributed by atoms with Crippen LogP contribution in [0.4, 0.5) is 0 Å². The second kappa shape index (κ2) is 34.7. The predicted octanol–water partition coefficient (Wildman–Crippen LogP) is 0.734. The van der Waals surface area contributed by atoms with Crippen molar-refractivity contribution in [1.29, 1.82) is 0 Å². The number of carbonyl (C=O) groups is 6. The smallest absolute Gasteiger partial charge is 0.330 e. The van der Waals surface area contributed by atoms with Crippen molar-refractivity contribution in [2.45, 2.75) is 198 Å². The SMILES string of the molecule is C=C1NC2C(=O)CC(Cc3ccccc3)C(=O)NC3C(=O)CC4C(=O)NC(C(=O)NC(C(=O)O)c5cc(O)cc(OC6OC(CO)C(O)C(O)C6O)c5-c5cc4ccc5O)C(OC4CC(N)C(OC)C(C)O4)c4ccc(c(Cl)c4)Oc4cc3cc(c4OC3OC(CO)C(O)C(O)C3OC3OC(C)C(O)C(O)C3O)Oc3ccc(cc3)C2O1. The lowest BCUT2D eigenvalue weighted by Crippen LogP contribution is -2.64. The molecule has 3 amide bonds. The highest BCUT2D eigenvalue weighted by molar-refractivity contribution is 6.32. The Morgan fingerprint density at radius 2 is 1.26 bits per heavy atom. The van der Waals surface area contributed by atoms with Gasteiger partial charge in [0.05, 0.1) is 42.5 Å². The van der Waals surface area contributed by atoms with Gasteiger partial charge in [0.2, 0.25) is 36.1 Å². The van der Waals surface area contributed by atoms with Crippen molar-refractivity contribution in [2.75, 3.05) is 20.3 Å². The first-order chi connectivity index (χ1) is 55.9. The Kier molecular flexibility index (Phi) is 24.8. The number of aliphatic hydroxyl groups excluding tert-OH is 10. The van der Waals surface area contributed by atoms with Crippen LogP contribution in [-0.4, -0.2) is 251 Å². The number of aromatic hydroxyl groups is 2. The molecule has 5 fully saturated rings. The van der Waals surface area contributed by atoms with Gasteiger partial charge in [-0.05, 0) is 109 Å². The van der Waals surface area contributed by atoms with Gasteiger partial charge in [-0.25, -0.2) is 4.79 Å². The Morgan fingerprint density at radius 3 is 1.95 bits per heavy atom. The first-order valence-electron chi connectivity index (χ1n) is 37.6. The van der Waals surface area contributed by atoms with Gasteiger partial charge < -0.3 is 150 Å². The number of carboxylic acids is 1. The number of benzene rings is 6. The monoisotopic (exact) mass is 1650 g/mol. The van der Waals surface area contributed by atoms with Gasteiger partial charge in [-0.15, -0.1) is 0 Å². The summed E-state index contributed by atoms with van der Waals surface area (Å²) in [4.78, 5) is 94.6. The number of halogens is 1. The number of methoxy groups -OCH3 is 1. The molecule has 10 heterocycles. The van der Waals surface area contributed by atoms with Crippen molar-refractivity contribution in [3.05, 3.63) is 166 Å². The number of aliphatic hydroxyl groups is 10. The third-order valence-electron chi connectivity index (χ3n) is 22.1. The summed E-state index contributed by atoms with van der Waals surface area (Å²) in [7, 11) is 1.40. The molecule has 11 bridgehead atoms. The number of ether oxygens (including phenoxy) is 12. The Hall–Kier alpha value is -9.75. The van der Waals surface area contributed by atoms with Crippen LogP contribution in [0, 0.1) is 5.92 Å². The Labute approximate surface area is 671 Å². The first-order valence-corrected chi connectivity index (χ1v) is 38.0. The number of nitrogens with two attached hydrogens (primary N) is 1. The zero-order valence-corrected chi connectivity index (χ0v) is 63.4. The quantitative estimate of drug-likeness (QED) is 0.0715. The highest BCUT2D eigenvalue weighted by atomic mass is 35.5. The van der Waals surface area contributed by atoms with Gasteiger partial charge >= 0.3 is 5.97 Å². The van der Waals surface area contributed by atoms with Gasteiger partial charge in [0.1, 0.15) is 114 Å². The van der Waals surface area contributed by atoms with Crippen LogP contribution in [-0.2, 0) is 73.1 Å². The Morgan fingerprint density at radius 1 is 0.598 bits per heavy atom. The van der Waals surface area contributed by atoms with Crippen LogP contribution in [0.5, 0.6) is 46.0 Å². The predicted molar refractivity (Wildman–Crippen MR) is 398 cm³/mol. The summed E-state index contributed by atoms with van der Waals surface area (Å²) in [6, 6.07) is 17.1. The number of rotatable bonds is 14. The highest BCUT2D eigenvalue weighted by Crippen LogP contribution is 2.51. The second-order valence-electron chi connectivity index (χ2n) is 29.9. The molecule has 37 heteroatoms. The number of phenolic OH excluding ortho intramolecular Hbond substituents is 2.